The van der Waals surface area contributed by atoms with E-state index in [1.165, 1.54) is 11.6 Å². The van der Waals surface area contributed by atoms with Crippen LogP contribution < -0.4 is 11.2 Å². The average Bonchev–Trinajstić information content (AvgIpc) is 2.52. The van der Waals surface area contributed by atoms with E-state index in [9.17, 15) is 18.8 Å². The van der Waals surface area contributed by atoms with E-state index in [0.717, 1.165) is 12.1 Å². The number of halogens is 3. The minimum Gasteiger partial charge on any atom is -0.459 e. The van der Waals surface area contributed by atoms with E-state index in [-0.39, 0.29) is 19.8 Å². The molecule has 0 bridgehead atoms. The van der Waals surface area contributed by atoms with Gasteiger partial charge in [-0.3, -0.25) is 9.36 Å². The van der Waals surface area contributed by atoms with Gasteiger partial charge in [0.2, 0.25) is 0 Å². The van der Waals surface area contributed by atoms with Crippen LogP contribution in [-0.2, 0) is 11.8 Å². The van der Waals surface area contributed by atoms with Gasteiger partial charge < -0.3 is 4.74 Å². The van der Waals surface area contributed by atoms with Crippen LogP contribution in [0.4, 0.5) is 4.39 Å². The van der Waals surface area contributed by atoms with E-state index in [4.69, 9.17) is 16.3 Å². The number of benzene rings is 1. The van der Waals surface area contributed by atoms with Crippen molar-refractivity contribution in [3.05, 3.63) is 58.6 Å². The van der Waals surface area contributed by atoms with E-state index >= 15 is 0 Å². The van der Waals surface area contributed by atoms with E-state index in [1.54, 1.807) is 43.4 Å². The van der Waals surface area contributed by atoms with Gasteiger partial charge in [0, 0.05) is 12.7 Å². The summed E-state index contributed by atoms with van der Waals surface area (Å²) in [6.45, 7) is 4.91. The Labute approximate surface area is 161 Å². The first kappa shape index (κ1) is 19.6. The number of hydrogen-bond acceptors (Lipinski definition) is 4. The Morgan fingerprint density at radius 2 is 1.92 bits per heavy atom. The molecule has 9 heteroatoms. The second-order valence-electron chi connectivity index (χ2n) is 5.62. The molecule has 134 valence electrons. The van der Waals surface area contributed by atoms with Gasteiger partial charge in [-0.15, -0.1) is 0 Å². The van der Waals surface area contributed by atoms with Crippen LogP contribution in [0.1, 0.15) is 29.9 Å². The lowest BCUT2D eigenvalue weighted by atomic mass is 10.2. The SMILES string of the molecule is Cc1c(I)c(=O)n(-c2cc(C(=O)OC(C)C)c(Cl)cc2F)c(=O)n1C. The zero-order valence-electron chi connectivity index (χ0n) is 13.9. The molecule has 0 N–H and O–H groups in total. The second kappa shape index (κ2) is 7.28. The van der Waals surface area contributed by atoms with Gasteiger partial charge in [-0.25, -0.2) is 18.5 Å². The van der Waals surface area contributed by atoms with Gasteiger partial charge in [-0.05, 0) is 55.5 Å². The predicted molar refractivity (Wildman–Crippen MR) is 100 cm³/mol. The number of carbonyl (C=O) groups excluding carboxylic acids is 1. The lowest BCUT2D eigenvalue weighted by Gasteiger charge is -2.14. The predicted octanol–water partition coefficient (Wildman–Crippen LogP) is 2.81. The Hall–Kier alpha value is -1.68. The van der Waals surface area contributed by atoms with Crippen LogP contribution in [-0.4, -0.2) is 21.2 Å². The van der Waals surface area contributed by atoms with Crippen LogP contribution in [0.3, 0.4) is 0 Å². The maximum atomic E-state index is 14.4. The number of ether oxygens (including phenoxy) is 1. The molecule has 0 amide bonds. The van der Waals surface area contributed by atoms with Gasteiger partial charge >= 0.3 is 11.7 Å². The first-order chi connectivity index (χ1) is 11.6. The van der Waals surface area contributed by atoms with Crippen molar-refractivity contribution in [3.8, 4) is 5.69 Å². The largest absolute Gasteiger partial charge is 0.459 e. The molecule has 0 unspecified atom stereocenters. The van der Waals surface area contributed by atoms with Gasteiger partial charge in [-0.2, -0.15) is 0 Å². The summed E-state index contributed by atoms with van der Waals surface area (Å²) in [6, 6.07) is 1.93. The summed E-state index contributed by atoms with van der Waals surface area (Å²) in [4.78, 5) is 37.1. The van der Waals surface area contributed by atoms with Crippen LogP contribution in [0.2, 0.25) is 5.02 Å². The highest BCUT2D eigenvalue weighted by Crippen LogP contribution is 2.23. The zero-order valence-corrected chi connectivity index (χ0v) is 16.8. The Balaban J connectivity index is 2.80. The molecule has 0 radical (unpaired) electrons. The molecule has 6 nitrogen and oxygen atoms in total. The van der Waals surface area contributed by atoms with Crippen molar-refractivity contribution < 1.29 is 13.9 Å². The fourth-order valence-corrected chi connectivity index (χ4v) is 2.97. The van der Waals surface area contributed by atoms with E-state index < -0.39 is 29.1 Å². The summed E-state index contributed by atoms with van der Waals surface area (Å²) >= 11 is 7.71. The molecule has 1 heterocycles. The molecule has 0 aliphatic heterocycles. The van der Waals surface area contributed by atoms with Gasteiger partial charge in [0.15, 0.2) is 0 Å². The molecular formula is C16H15ClFIN2O4. The summed E-state index contributed by atoms with van der Waals surface area (Å²) < 4.78 is 21.6. The third-order valence-electron chi connectivity index (χ3n) is 3.53. The van der Waals surface area contributed by atoms with Gasteiger partial charge in [-0.1, -0.05) is 11.6 Å². The second-order valence-corrected chi connectivity index (χ2v) is 7.11. The molecule has 25 heavy (non-hydrogen) atoms. The topological polar surface area (TPSA) is 70.3 Å². The number of nitrogens with zero attached hydrogens (tertiary/aromatic N) is 2. The summed E-state index contributed by atoms with van der Waals surface area (Å²) in [7, 11) is 1.47. The van der Waals surface area contributed by atoms with Crippen LogP contribution in [0.5, 0.6) is 0 Å². The van der Waals surface area contributed by atoms with E-state index in [2.05, 4.69) is 0 Å². The molecule has 0 saturated carbocycles. The summed E-state index contributed by atoms with van der Waals surface area (Å²) in [5.74, 6) is -1.67. The van der Waals surface area contributed by atoms with Gasteiger partial charge in [0.1, 0.15) is 5.82 Å². The lowest BCUT2D eigenvalue weighted by Crippen LogP contribution is -2.41. The highest BCUT2D eigenvalue weighted by molar-refractivity contribution is 14.1. The lowest BCUT2D eigenvalue weighted by molar-refractivity contribution is 0.0378. The minimum absolute atomic E-state index is 0.128. The maximum absolute atomic E-state index is 14.4. The smallest absolute Gasteiger partial charge is 0.339 e. The maximum Gasteiger partial charge on any atom is 0.339 e. The van der Waals surface area contributed by atoms with E-state index in [1.807, 2.05) is 0 Å². The molecule has 2 rings (SSSR count). The quantitative estimate of drug-likeness (QED) is 0.500. The monoisotopic (exact) mass is 480 g/mol. The number of esters is 1. The first-order valence-electron chi connectivity index (χ1n) is 7.24. The normalized spacial score (nSPS) is 11.0. The van der Waals surface area contributed by atoms with Crippen molar-refractivity contribution in [2.45, 2.75) is 26.9 Å². The summed E-state index contributed by atoms with van der Waals surface area (Å²) in [5.41, 5.74) is -1.43. The first-order valence-corrected chi connectivity index (χ1v) is 8.70. The Morgan fingerprint density at radius 1 is 1.32 bits per heavy atom. The van der Waals surface area contributed by atoms with Gasteiger partial charge in [0.25, 0.3) is 5.56 Å². The fraction of sp³-hybridized carbons (Fsp3) is 0.312. The standard InChI is InChI=1S/C16H15ClFIN2O4/c1-7(2)25-15(23)9-5-12(11(18)6-10(9)17)21-14(22)13(19)8(3)20(4)16(21)24/h5-7H,1-4H3. The Morgan fingerprint density at radius 3 is 2.48 bits per heavy atom. The Kier molecular flexibility index (Phi) is 5.72. The third kappa shape index (κ3) is 3.64. The Bertz CT molecular complexity index is 944. The van der Waals surface area contributed by atoms with Crippen LogP contribution in [0.25, 0.3) is 5.69 Å². The van der Waals surface area contributed by atoms with E-state index in [0.29, 0.717) is 10.3 Å². The molecule has 2 aromatic rings. The molecule has 0 fully saturated rings. The van der Waals surface area contributed by atoms with Crippen molar-refractivity contribution in [2.24, 2.45) is 7.05 Å². The van der Waals surface area contributed by atoms with Crippen molar-refractivity contribution >= 4 is 40.2 Å². The molecule has 1 aromatic carbocycles. The molecule has 0 aliphatic rings. The number of aromatic nitrogens is 2. The molecule has 0 saturated heterocycles. The zero-order chi connectivity index (χ0) is 19.0. The van der Waals surface area contributed by atoms with Crippen LogP contribution in [0.15, 0.2) is 21.7 Å². The average molecular weight is 481 g/mol. The van der Waals surface area contributed by atoms with Crippen molar-refractivity contribution in [2.75, 3.05) is 0 Å². The van der Waals surface area contributed by atoms with Crippen LogP contribution in [0, 0.1) is 16.3 Å². The fourth-order valence-electron chi connectivity index (χ4n) is 2.14. The minimum atomic E-state index is -0.898. The highest BCUT2D eigenvalue weighted by atomic mass is 127. The summed E-state index contributed by atoms with van der Waals surface area (Å²) in [6.07, 6.45) is -0.409. The number of carbonyl (C=O) groups is 1. The van der Waals surface area contributed by atoms with Crippen molar-refractivity contribution in [1.29, 1.82) is 0 Å². The van der Waals surface area contributed by atoms with Crippen molar-refractivity contribution in [3.63, 3.8) is 0 Å². The molecule has 0 atom stereocenters. The molecule has 1 aromatic heterocycles. The molecular weight excluding hydrogens is 466 g/mol. The number of hydrogen-bond donors (Lipinski definition) is 0. The third-order valence-corrected chi connectivity index (χ3v) is 5.08. The summed E-state index contributed by atoms with van der Waals surface area (Å²) in [5, 5.41) is -0.168. The molecule has 0 aliphatic carbocycles. The van der Waals surface area contributed by atoms with Crippen molar-refractivity contribution in [1.82, 2.24) is 9.13 Å². The van der Waals surface area contributed by atoms with Gasteiger partial charge in [0.05, 0.1) is 25.9 Å². The highest BCUT2D eigenvalue weighted by Gasteiger charge is 2.21. The number of rotatable bonds is 3. The molecule has 0 spiro atoms. The van der Waals surface area contributed by atoms with Crippen LogP contribution >= 0.6 is 34.2 Å².